The molecule has 3 N–H and O–H groups in total. The molecule has 0 aromatic heterocycles. The van der Waals surface area contributed by atoms with Crippen LogP contribution in [-0.4, -0.2) is 37.9 Å². The van der Waals surface area contributed by atoms with Gasteiger partial charge in [-0.25, -0.2) is 0 Å². The highest BCUT2D eigenvalue weighted by Crippen LogP contribution is 2.17. The predicted molar refractivity (Wildman–Crippen MR) is 75.9 cm³/mol. The fraction of sp³-hybridized carbons (Fsp3) is 0.786. The summed E-state index contributed by atoms with van der Waals surface area (Å²) in [5.41, 5.74) is 5.35. The minimum atomic E-state index is -0.416. The Labute approximate surface area is 120 Å². The Morgan fingerprint density at radius 3 is 2.55 bits per heavy atom. The second-order valence-corrected chi connectivity index (χ2v) is 5.68. The molecule has 6 heteroatoms. The molecule has 116 valence electrons. The maximum Gasteiger partial charge on any atom is 0.306 e. The van der Waals surface area contributed by atoms with Crippen molar-refractivity contribution >= 4 is 18.2 Å². The smallest absolute Gasteiger partial charge is 0.306 e. The summed E-state index contributed by atoms with van der Waals surface area (Å²) in [5, 5.41) is 2.81. The molecule has 0 aliphatic rings. The molecule has 0 fully saturated rings. The van der Waals surface area contributed by atoms with Crippen LogP contribution in [0.1, 0.15) is 40.0 Å². The largest absolute Gasteiger partial charge is 0.458 e. The zero-order valence-electron chi connectivity index (χ0n) is 12.6. The maximum atomic E-state index is 11.8. The summed E-state index contributed by atoms with van der Waals surface area (Å²) >= 11 is 0. The third-order valence-electron chi connectivity index (χ3n) is 3.12. The first kappa shape index (κ1) is 18.6. The molecule has 1 atom stereocenters. The van der Waals surface area contributed by atoms with E-state index in [1.165, 1.54) is 0 Å². The van der Waals surface area contributed by atoms with Gasteiger partial charge in [0.05, 0.1) is 6.42 Å². The number of rotatable bonds is 10. The normalized spacial score (nSPS) is 12.6. The van der Waals surface area contributed by atoms with Gasteiger partial charge in [0.1, 0.15) is 6.61 Å². The highest BCUT2D eigenvalue weighted by atomic mass is 16.5. The topological polar surface area (TPSA) is 98.5 Å². The van der Waals surface area contributed by atoms with Gasteiger partial charge in [0.15, 0.2) is 6.29 Å². The molecule has 0 aromatic carbocycles. The fourth-order valence-corrected chi connectivity index (χ4v) is 1.61. The van der Waals surface area contributed by atoms with Crippen molar-refractivity contribution < 1.29 is 19.1 Å². The lowest BCUT2D eigenvalue weighted by Gasteiger charge is -2.22. The van der Waals surface area contributed by atoms with Gasteiger partial charge in [0, 0.05) is 13.0 Å². The first-order valence-corrected chi connectivity index (χ1v) is 6.90. The van der Waals surface area contributed by atoms with E-state index in [0.29, 0.717) is 25.8 Å². The molecule has 0 saturated heterocycles. The summed E-state index contributed by atoms with van der Waals surface area (Å²) in [6.07, 6.45) is 1.84. The van der Waals surface area contributed by atoms with Crippen LogP contribution in [0, 0.1) is 11.3 Å². The van der Waals surface area contributed by atoms with Gasteiger partial charge in [0.25, 0.3) is 0 Å². The Balaban J connectivity index is 4.09. The van der Waals surface area contributed by atoms with Crippen LogP contribution in [0.15, 0.2) is 0 Å². The minimum absolute atomic E-state index is 0.0130. The van der Waals surface area contributed by atoms with Crippen LogP contribution in [0.25, 0.3) is 0 Å². The van der Waals surface area contributed by atoms with Crippen molar-refractivity contribution in [2.45, 2.75) is 40.0 Å². The molecule has 0 saturated carbocycles. The zero-order chi connectivity index (χ0) is 15.6. The minimum Gasteiger partial charge on any atom is -0.458 e. The van der Waals surface area contributed by atoms with E-state index in [-0.39, 0.29) is 30.3 Å². The summed E-state index contributed by atoms with van der Waals surface area (Å²) in [4.78, 5) is 33.2. The van der Waals surface area contributed by atoms with E-state index < -0.39 is 5.97 Å². The van der Waals surface area contributed by atoms with Gasteiger partial charge in [0.2, 0.25) is 5.91 Å². The number of esters is 1. The Morgan fingerprint density at radius 1 is 1.40 bits per heavy atom. The average molecular weight is 286 g/mol. The molecule has 1 unspecified atom stereocenters. The number of carbonyl (C=O) groups excluding carboxylic acids is 3. The Bertz CT molecular complexity index is 329. The summed E-state index contributed by atoms with van der Waals surface area (Å²) in [6, 6.07) is 0. The van der Waals surface area contributed by atoms with Gasteiger partial charge in [-0.2, -0.15) is 0 Å². The van der Waals surface area contributed by atoms with Crippen molar-refractivity contribution in [1.82, 2.24) is 5.32 Å². The van der Waals surface area contributed by atoms with Gasteiger partial charge in [-0.3, -0.25) is 14.4 Å². The highest BCUT2D eigenvalue weighted by molar-refractivity contribution is 5.76. The van der Waals surface area contributed by atoms with Gasteiger partial charge in [-0.15, -0.1) is 0 Å². The molecule has 0 bridgehead atoms. The molecular weight excluding hydrogens is 260 g/mol. The number of amides is 1. The van der Waals surface area contributed by atoms with Crippen LogP contribution >= 0.6 is 0 Å². The monoisotopic (exact) mass is 286 g/mol. The average Bonchev–Trinajstić information content (AvgIpc) is 2.40. The molecule has 0 radical (unpaired) electrons. The quantitative estimate of drug-likeness (QED) is 0.453. The standard InChI is InChI=1S/C14H26N2O4/c1-4-11(7-13(19)20-6-5-17)9-16-12(18)8-14(2,3)10-15/h5,11H,4,6-10,15H2,1-3H3,(H,16,18). The number of hydrogen-bond acceptors (Lipinski definition) is 5. The summed E-state index contributed by atoms with van der Waals surface area (Å²) in [5.74, 6) is -0.472. The Hall–Kier alpha value is -1.43. The predicted octanol–water partition coefficient (Wildman–Crippen LogP) is 0.636. The third kappa shape index (κ3) is 8.63. The first-order chi connectivity index (χ1) is 9.34. The number of nitrogens with two attached hydrogens (primary N) is 1. The van der Waals surface area contributed by atoms with E-state index in [9.17, 15) is 14.4 Å². The second kappa shape index (κ2) is 9.47. The van der Waals surface area contributed by atoms with Crippen LogP contribution in [0.4, 0.5) is 0 Å². The van der Waals surface area contributed by atoms with Crippen molar-refractivity contribution in [3.63, 3.8) is 0 Å². The maximum absolute atomic E-state index is 11.8. The van der Waals surface area contributed by atoms with E-state index in [1.807, 2.05) is 20.8 Å². The lowest BCUT2D eigenvalue weighted by Crippen LogP contribution is -2.35. The summed E-state index contributed by atoms with van der Waals surface area (Å²) in [6.45, 7) is 6.45. The molecule has 1 amide bonds. The van der Waals surface area contributed by atoms with Crippen LogP contribution in [-0.2, 0) is 19.1 Å². The number of hydrogen-bond donors (Lipinski definition) is 2. The van der Waals surface area contributed by atoms with Gasteiger partial charge >= 0.3 is 5.97 Å². The Morgan fingerprint density at radius 2 is 2.05 bits per heavy atom. The summed E-state index contributed by atoms with van der Waals surface area (Å²) in [7, 11) is 0. The van der Waals surface area contributed by atoms with Crippen molar-refractivity contribution in [3.05, 3.63) is 0 Å². The SMILES string of the molecule is CCC(CNC(=O)CC(C)(C)CN)CC(=O)OCC=O. The van der Waals surface area contributed by atoms with Crippen LogP contribution in [0.2, 0.25) is 0 Å². The van der Waals surface area contributed by atoms with Gasteiger partial charge in [-0.1, -0.05) is 27.2 Å². The number of nitrogens with one attached hydrogen (secondary N) is 1. The molecule has 0 aliphatic carbocycles. The van der Waals surface area contributed by atoms with Crippen molar-refractivity contribution in [3.8, 4) is 0 Å². The van der Waals surface area contributed by atoms with E-state index in [1.54, 1.807) is 0 Å². The van der Waals surface area contributed by atoms with E-state index in [0.717, 1.165) is 6.42 Å². The lowest BCUT2D eigenvalue weighted by molar-refractivity contribution is -0.146. The Kier molecular flexibility index (Phi) is 8.79. The van der Waals surface area contributed by atoms with Crippen LogP contribution in [0.3, 0.4) is 0 Å². The van der Waals surface area contributed by atoms with Gasteiger partial charge in [-0.05, 0) is 17.9 Å². The molecule has 20 heavy (non-hydrogen) atoms. The fourth-order valence-electron chi connectivity index (χ4n) is 1.61. The lowest BCUT2D eigenvalue weighted by atomic mass is 9.89. The van der Waals surface area contributed by atoms with Crippen molar-refractivity contribution in [2.75, 3.05) is 19.7 Å². The molecule has 0 heterocycles. The summed E-state index contributed by atoms with van der Waals surface area (Å²) < 4.78 is 4.69. The highest BCUT2D eigenvalue weighted by Gasteiger charge is 2.21. The molecule has 0 rings (SSSR count). The molecule has 0 aromatic rings. The molecule has 0 spiro atoms. The van der Waals surface area contributed by atoms with E-state index >= 15 is 0 Å². The van der Waals surface area contributed by atoms with Gasteiger partial charge < -0.3 is 15.8 Å². The first-order valence-electron chi connectivity index (χ1n) is 6.90. The third-order valence-corrected chi connectivity index (χ3v) is 3.12. The van der Waals surface area contributed by atoms with E-state index in [4.69, 9.17) is 10.5 Å². The number of aldehydes is 1. The number of carbonyl (C=O) groups is 3. The van der Waals surface area contributed by atoms with Crippen molar-refractivity contribution in [2.24, 2.45) is 17.1 Å². The van der Waals surface area contributed by atoms with Crippen LogP contribution < -0.4 is 11.1 Å². The molecular formula is C14H26N2O4. The van der Waals surface area contributed by atoms with E-state index in [2.05, 4.69) is 5.32 Å². The molecule has 0 aliphatic heterocycles. The van der Waals surface area contributed by atoms with Crippen LogP contribution in [0.5, 0.6) is 0 Å². The number of ether oxygens (including phenoxy) is 1. The zero-order valence-corrected chi connectivity index (χ0v) is 12.6. The van der Waals surface area contributed by atoms with Crippen molar-refractivity contribution in [1.29, 1.82) is 0 Å². The second-order valence-electron chi connectivity index (χ2n) is 5.68. The molecule has 6 nitrogen and oxygen atoms in total.